The standard InChI is InChI=1S/C18H20N2O2/c1-14-2-7-18(21)17(12-14)19-13-15-3-5-16(6-4-15)20-8-10-22-11-9-20/h2-7,12-13,21H,8-11H2,1H3. The van der Waals surface area contributed by atoms with Crippen LogP contribution in [0.3, 0.4) is 0 Å². The SMILES string of the molecule is Cc1ccc(O)c(N=Cc2ccc(N3CCOCC3)cc2)c1. The summed E-state index contributed by atoms with van der Waals surface area (Å²) in [4.78, 5) is 6.69. The van der Waals surface area contributed by atoms with Crippen molar-refractivity contribution in [3.8, 4) is 5.75 Å². The number of phenolic OH excluding ortho intramolecular Hbond substituents is 1. The fourth-order valence-corrected chi connectivity index (χ4v) is 2.47. The second-order valence-electron chi connectivity index (χ2n) is 5.44. The van der Waals surface area contributed by atoms with E-state index in [-0.39, 0.29) is 5.75 Å². The fourth-order valence-electron chi connectivity index (χ4n) is 2.47. The predicted molar refractivity (Wildman–Crippen MR) is 89.6 cm³/mol. The van der Waals surface area contributed by atoms with Gasteiger partial charge in [0.2, 0.25) is 0 Å². The zero-order chi connectivity index (χ0) is 15.4. The number of aliphatic imine (C=N–C) groups is 1. The number of morpholine rings is 1. The number of aryl methyl sites for hydroxylation is 1. The average molecular weight is 296 g/mol. The molecule has 1 saturated heterocycles. The highest BCUT2D eigenvalue weighted by Gasteiger charge is 2.10. The van der Waals surface area contributed by atoms with Gasteiger partial charge in [-0.05, 0) is 42.3 Å². The molecule has 0 spiro atoms. The minimum absolute atomic E-state index is 0.201. The highest BCUT2D eigenvalue weighted by molar-refractivity contribution is 5.83. The van der Waals surface area contributed by atoms with E-state index in [1.165, 1.54) is 5.69 Å². The van der Waals surface area contributed by atoms with Gasteiger partial charge in [-0.25, -0.2) is 0 Å². The number of rotatable bonds is 3. The molecule has 4 nitrogen and oxygen atoms in total. The number of ether oxygens (including phenoxy) is 1. The third kappa shape index (κ3) is 3.46. The Bertz CT molecular complexity index is 659. The molecule has 0 unspecified atom stereocenters. The molecule has 1 aliphatic rings. The molecule has 3 rings (SSSR count). The van der Waals surface area contributed by atoms with E-state index in [2.05, 4.69) is 22.0 Å². The Hall–Kier alpha value is -2.33. The minimum atomic E-state index is 0.201. The van der Waals surface area contributed by atoms with E-state index >= 15 is 0 Å². The first kappa shape index (κ1) is 14.6. The number of nitrogens with zero attached hydrogens (tertiary/aromatic N) is 2. The lowest BCUT2D eigenvalue weighted by Crippen LogP contribution is -2.36. The third-order valence-electron chi connectivity index (χ3n) is 3.75. The van der Waals surface area contributed by atoms with E-state index in [1.54, 1.807) is 12.3 Å². The van der Waals surface area contributed by atoms with Crippen molar-refractivity contribution >= 4 is 17.6 Å². The van der Waals surface area contributed by atoms with Gasteiger partial charge in [0.05, 0.1) is 13.2 Å². The van der Waals surface area contributed by atoms with Crippen molar-refractivity contribution in [1.82, 2.24) is 0 Å². The zero-order valence-corrected chi connectivity index (χ0v) is 12.7. The van der Waals surface area contributed by atoms with E-state index in [9.17, 15) is 5.11 Å². The summed E-state index contributed by atoms with van der Waals surface area (Å²) >= 11 is 0. The molecule has 0 bridgehead atoms. The lowest BCUT2D eigenvalue weighted by molar-refractivity contribution is 0.122. The van der Waals surface area contributed by atoms with Crippen LogP contribution in [-0.4, -0.2) is 37.6 Å². The monoisotopic (exact) mass is 296 g/mol. The van der Waals surface area contributed by atoms with Crippen molar-refractivity contribution in [2.75, 3.05) is 31.2 Å². The molecule has 1 N–H and O–H groups in total. The van der Waals surface area contributed by atoms with Gasteiger partial charge in [-0.3, -0.25) is 4.99 Å². The molecule has 0 atom stereocenters. The number of hydrogen-bond acceptors (Lipinski definition) is 4. The molecule has 0 aromatic heterocycles. The summed E-state index contributed by atoms with van der Waals surface area (Å²) in [6.07, 6.45) is 1.78. The average Bonchev–Trinajstić information content (AvgIpc) is 2.57. The van der Waals surface area contributed by atoms with Gasteiger partial charge in [-0.2, -0.15) is 0 Å². The Morgan fingerprint density at radius 3 is 2.55 bits per heavy atom. The fraction of sp³-hybridized carbons (Fsp3) is 0.278. The van der Waals surface area contributed by atoms with E-state index in [0.29, 0.717) is 5.69 Å². The van der Waals surface area contributed by atoms with E-state index in [0.717, 1.165) is 37.4 Å². The maximum Gasteiger partial charge on any atom is 0.141 e. The second-order valence-corrected chi connectivity index (χ2v) is 5.44. The van der Waals surface area contributed by atoms with Crippen LogP contribution in [0.15, 0.2) is 47.5 Å². The van der Waals surface area contributed by atoms with Crippen LogP contribution in [0.25, 0.3) is 0 Å². The molecule has 114 valence electrons. The Kier molecular flexibility index (Phi) is 4.39. The van der Waals surface area contributed by atoms with Crippen molar-refractivity contribution in [3.63, 3.8) is 0 Å². The molecule has 0 aliphatic carbocycles. The maximum absolute atomic E-state index is 9.80. The lowest BCUT2D eigenvalue weighted by atomic mass is 10.2. The summed E-state index contributed by atoms with van der Waals surface area (Å²) in [5.41, 5.74) is 3.89. The number of hydrogen-bond donors (Lipinski definition) is 1. The summed E-state index contributed by atoms with van der Waals surface area (Å²) in [5, 5.41) is 9.80. The lowest BCUT2D eigenvalue weighted by Gasteiger charge is -2.28. The Labute approximate surface area is 130 Å². The third-order valence-corrected chi connectivity index (χ3v) is 3.75. The van der Waals surface area contributed by atoms with E-state index in [1.807, 2.05) is 31.2 Å². The summed E-state index contributed by atoms with van der Waals surface area (Å²) in [6, 6.07) is 13.7. The molecule has 0 amide bonds. The predicted octanol–water partition coefficient (Wildman–Crippen LogP) is 3.29. The van der Waals surface area contributed by atoms with Gasteiger partial charge in [0.25, 0.3) is 0 Å². The van der Waals surface area contributed by atoms with Crippen LogP contribution in [0.5, 0.6) is 5.75 Å². The first-order valence-corrected chi connectivity index (χ1v) is 7.49. The van der Waals surface area contributed by atoms with Gasteiger partial charge >= 0.3 is 0 Å². The van der Waals surface area contributed by atoms with Gasteiger partial charge < -0.3 is 14.7 Å². The van der Waals surface area contributed by atoms with Crippen LogP contribution >= 0.6 is 0 Å². The normalized spacial score (nSPS) is 15.4. The highest BCUT2D eigenvalue weighted by atomic mass is 16.5. The van der Waals surface area contributed by atoms with Gasteiger partial charge in [-0.1, -0.05) is 18.2 Å². The molecular weight excluding hydrogens is 276 g/mol. The Balaban J connectivity index is 1.72. The minimum Gasteiger partial charge on any atom is -0.506 e. The van der Waals surface area contributed by atoms with Crippen LogP contribution in [-0.2, 0) is 4.74 Å². The van der Waals surface area contributed by atoms with Crippen molar-refractivity contribution in [2.24, 2.45) is 4.99 Å². The molecule has 2 aromatic rings. The van der Waals surface area contributed by atoms with Crippen molar-refractivity contribution < 1.29 is 9.84 Å². The molecule has 4 heteroatoms. The van der Waals surface area contributed by atoms with E-state index < -0.39 is 0 Å². The van der Waals surface area contributed by atoms with Crippen LogP contribution in [0.2, 0.25) is 0 Å². The highest BCUT2D eigenvalue weighted by Crippen LogP contribution is 2.27. The number of anilines is 1. The largest absolute Gasteiger partial charge is 0.506 e. The van der Waals surface area contributed by atoms with Crippen LogP contribution in [0, 0.1) is 6.92 Å². The smallest absolute Gasteiger partial charge is 0.141 e. The Morgan fingerprint density at radius 1 is 1.09 bits per heavy atom. The summed E-state index contributed by atoms with van der Waals surface area (Å²) in [7, 11) is 0. The number of benzene rings is 2. The zero-order valence-electron chi connectivity index (χ0n) is 12.7. The molecular formula is C18H20N2O2. The maximum atomic E-state index is 9.80. The van der Waals surface area contributed by atoms with Crippen molar-refractivity contribution in [3.05, 3.63) is 53.6 Å². The van der Waals surface area contributed by atoms with Crippen LogP contribution in [0.4, 0.5) is 11.4 Å². The molecule has 1 fully saturated rings. The molecule has 0 radical (unpaired) electrons. The summed E-state index contributed by atoms with van der Waals surface area (Å²) in [5.74, 6) is 0.201. The van der Waals surface area contributed by atoms with Gasteiger partial charge in [-0.15, -0.1) is 0 Å². The van der Waals surface area contributed by atoms with Gasteiger partial charge in [0.1, 0.15) is 11.4 Å². The van der Waals surface area contributed by atoms with Crippen LogP contribution in [0.1, 0.15) is 11.1 Å². The quantitative estimate of drug-likeness (QED) is 0.884. The van der Waals surface area contributed by atoms with Crippen molar-refractivity contribution in [2.45, 2.75) is 6.92 Å². The Morgan fingerprint density at radius 2 is 1.82 bits per heavy atom. The van der Waals surface area contributed by atoms with Gasteiger partial charge in [0.15, 0.2) is 0 Å². The van der Waals surface area contributed by atoms with Gasteiger partial charge in [0, 0.05) is 25.0 Å². The number of aromatic hydroxyl groups is 1. The molecule has 1 heterocycles. The molecule has 1 aliphatic heterocycles. The first-order valence-electron chi connectivity index (χ1n) is 7.49. The van der Waals surface area contributed by atoms with Crippen LogP contribution < -0.4 is 4.90 Å². The summed E-state index contributed by atoms with van der Waals surface area (Å²) in [6.45, 7) is 5.43. The molecule has 0 saturated carbocycles. The first-order chi connectivity index (χ1) is 10.7. The molecule has 22 heavy (non-hydrogen) atoms. The molecule has 2 aromatic carbocycles. The topological polar surface area (TPSA) is 45.1 Å². The second kappa shape index (κ2) is 6.62. The van der Waals surface area contributed by atoms with Crippen molar-refractivity contribution in [1.29, 1.82) is 0 Å². The number of phenols is 1. The summed E-state index contributed by atoms with van der Waals surface area (Å²) < 4.78 is 5.37. The van der Waals surface area contributed by atoms with E-state index in [4.69, 9.17) is 4.74 Å².